The summed E-state index contributed by atoms with van der Waals surface area (Å²) in [6, 6.07) is 37.8. The van der Waals surface area contributed by atoms with Gasteiger partial charge in [0.1, 0.15) is 0 Å². The summed E-state index contributed by atoms with van der Waals surface area (Å²) in [7, 11) is 0. The van der Waals surface area contributed by atoms with E-state index in [2.05, 4.69) is 97.1 Å². The average Bonchev–Trinajstić information content (AvgIpc) is 2.90. The third kappa shape index (κ3) is 4.22. The maximum Gasteiger partial charge on any atom is 0.0709 e. The Morgan fingerprint density at radius 2 is 0.824 bits per heavy atom. The van der Waals surface area contributed by atoms with Gasteiger partial charge in [-0.15, -0.1) is 0 Å². The van der Waals surface area contributed by atoms with Gasteiger partial charge in [-0.2, -0.15) is 0 Å². The van der Waals surface area contributed by atoms with Crippen LogP contribution in [0.4, 0.5) is 0 Å². The van der Waals surface area contributed by atoms with Crippen molar-refractivity contribution in [3.63, 3.8) is 0 Å². The zero-order valence-electron chi connectivity index (χ0n) is 18.6. The van der Waals surface area contributed by atoms with Crippen LogP contribution in [0.1, 0.15) is 22.5 Å². The number of para-hydroxylation sites is 2. The lowest BCUT2D eigenvalue weighted by atomic mass is 10.0. The fourth-order valence-electron chi connectivity index (χ4n) is 4.20. The third-order valence-electron chi connectivity index (χ3n) is 6.02. The summed E-state index contributed by atoms with van der Waals surface area (Å²) in [5, 5.41) is 4.75. The van der Waals surface area contributed by atoms with Crippen LogP contribution in [0.2, 0.25) is 0 Å². The second kappa shape index (κ2) is 8.76. The zero-order chi connectivity index (χ0) is 22.7. The van der Waals surface area contributed by atoms with Crippen molar-refractivity contribution in [2.75, 3.05) is 0 Å². The van der Waals surface area contributed by atoms with Crippen LogP contribution in [0.3, 0.4) is 0 Å². The lowest BCUT2D eigenvalue weighted by Gasteiger charge is -2.03. The molecule has 0 saturated carbocycles. The van der Waals surface area contributed by atoms with Gasteiger partial charge in [0.2, 0.25) is 0 Å². The fraction of sp³-hybridized carbons (Fsp3) is 0. The molecule has 160 valence electrons. The maximum absolute atomic E-state index is 4.73. The minimum absolute atomic E-state index is 0.960. The average molecular weight is 435 g/mol. The number of aromatic nitrogens is 2. The van der Waals surface area contributed by atoms with E-state index in [4.69, 9.17) is 9.97 Å². The highest BCUT2D eigenvalue weighted by molar-refractivity contribution is 5.89. The Kier molecular flexibility index (Phi) is 5.17. The monoisotopic (exact) mass is 434 g/mol. The van der Waals surface area contributed by atoms with Crippen LogP contribution in [0.5, 0.6) is 0 Å². The molecule has 6 aromatic rings. The van der Waals surface area contributed by atoms with Crippen LogP contribution in [0.15, 0.2) is 109 Å². The Balaban J connectivity index is 1.22. The molecule has 0 aliphatic carbocycles. The van der Waals surface area contributed by atoms with Crippen LogP contribution in [0, 0.1) is 0 Å². The van der Waals surface area contributed by atoms with Gasteiger partial charge in [-0.3, -0.25) is 0 Å². The molecule has 0 N–H and O–H groups in total. The number of nitrogens with zero attached hydrogens (tertiary/aromatic N) is 2. The molecule has 2 heteroatoms. The molecular weight excluding hydrogens is 412 g/mol. The van der Waals surface area contributed by atoms with E-state index in [9.17, 15) is 0 Å². The van der Waals surface area contributed by atoms with Crippen molar-refractivity contribution in [2.24, 2.45) is 0 Å². The van der Waals surface area contributed by atoms with Crippen molar-refractivity contribution in [3.05, 3.63) is 132 Å². The molecule has 0 unspecified atom stereocenters. The highest BCUT2D eigenvalue weighted by Crippen LogP contribution is 2.21. The van der Waals surface area contributed by atoms with Gasteiger partial charge in [-0.25, -0.2) is 9.97 Å². The van der Waals surface area contributed by atoms with Gasteiger partial charge in [0.05, 0.1) is 22.4 Å². The molecule has 0 saturated heterocycles. The van der Waals surface area contributed by atoms with E-state index >= 15 is 0 Å². The Labute approximate surface area is 198 Å². The van der Waals surface area contributed by atoms with Gasteiger partial charge >= 0.3 is 0 Å². The number of hydrogen-bond acceptors (Lipinski definition) is 2. The standard InChI is InChI=1S/C32H22N2/c1-3-7-31-25(5-1)15-19-29(33-31)17-11-23-9-13-28-22-24(10-14-27(28)21-23)12-18-30-20-16-26-6-2-4-8-32(26)34-30/h1-22H/b17-11+,18-12+. The molecule has 0 radical (unpaired) electrons. The largest absolute Gasteiger partial charge is 0.248 e. The number of benzene rings is 4. The molecule has 0 bridgehead atoms. The molecule has 0 aliphatic rings. The number of rotatable bonds is 4. The van der Waals surface area contributed by atoms with Gasteiger partial charge in [0.15, 0.2) is 0 Å². The first-order valence-corrected chi connectivity index (χ1v) is 11.4. The van der Waals surface area contributed by atoms with E-state index in [1.807, 2.05) is 36.4 Å². The quantitative estimate of drug-likeness (QED) is 0.279. The maximum atomic E-state index is 4.73. The molecule has 2 nitrogen and oxygen atoms in total. The van der Waals surface area contributed by atoms with E-state index < -0.39 is 0 Å². The number of fused-ring (bicyclic) bond motifs is 3. The van der Waals surface area contributed by atoms with Crippen LogP contribution < -0.4 is 0 Å². The summed E-state index contributed by atoms with van der Waals surface area (Å²) >= 11 is 0. The van der Waals surface area contributed by atoms with Crippen LogP contribution in [-0.2, 0) is 0 Å². The van der Waals surface area contributed by atoms with E-state index in [1.54, 1.807) is 0 Å². The molecule has 2 heterocycles. The first-order valence-electron chi connectivity index (χ1n) is 11.4. The Morgan fingerprint density at radius 1 is 0.382 bits per heavy atom. The SMILES string of the molecule is C(=C\c1ccc2ccccc2n1)/c1ccc2cc(/C=C/c3ccc4ccccc4n3)ccc2c1. The van der Waals surface area contributed by atoms with Crippen molar-refractivity contribution in [1.29, 1.82) is 0 Å². The Bertz CT molecular complexity index is 1580. The predicted molar refractivity (Wildman–Crippen MR) is 145 cm³/mol. The highest BCUT2D eigenvalue weighted by Gasteiger charge is 1.99. The van der Waals surface area contributed by atoms with Gasteiger partial charge in [0.25, 0.3) is 0 Å². The lowest BCUT2D eigenvalue weighted by molar-refractivity contribution is 1.37. The fourth-order valence-corrected chi connectivity index (χ4v) is 4.20. The highest BCUT2D eigenvalue weighted by atomic mass is 14.7. The molecule has 0 amide bonds. The van der Waals surface area contributed by atoms with Crippen molar-refractivity contribution >= 4 is 56.9 Å². The molecule has 0 aliphatic heterocycles. The topological polar surface area (TPSA) is 25.8 Å². The van der Waals surface area contributed by atoms with Gasteiger partial charge < -0.3 is 0 Å². The van der Waals surface area contributed by atoms with Crippen molar-refractivity contribution in [3.8, 4) is 0 Å². The zero-order valence-corrected chi connectivity index (χ0v) is 18.6. The smallest absolute Gasteiger partial charge is 0.0709 e. The van der Waals surface area contributed by atoms with E-state index in [1.165, 1.54) is 10.8 Å². The first-order chi connectivity index (χ1) is 16.8. The molecule has 0 atom stereocenters. The summed E-state index contributed by atoms with van der Waals surface area (Å²) < 4.78 is 0. The molecule has 6 rings (SSSR count). The van der Waals surface area contributed by atoms with Crippen LogP contribution in [-0.4, -0.2) is 9.97 Å². The predicted octanol–water partition coefficient (Wildman–Crippen LogP) is 8.28. The number of pyridine rings is 2. The summed E-state index contributed by atoms with van der Waals surface area (Å²) in [5.41, 5.74) is 6.27. The van der Waals surface area contributed by atoms with Gasteiger partial charge in [-0.05, 0) is 70.4 Å². The van der Waals surface area contributed by atoms with E-state index in [-0.39, 0.29) is 0 Å². The molecule has 0 spiro atoms. The molecular formula is C32H22N2. The van der Waals surface area contributed by atoms with Crippen LogP contribution in [0.25, 0.3) is 56.9 Å². The molecule has 2 aromatic heterocycles. The summed E-state index contributed by atoms with van der Waals surface area (Å²) in [6.45, 7) is 0. The van der Waals surface area contributed by atoms with Crippen LogP contribution >= 0.6 is 0 Å². The third-order valence-corrected chi connectivity index (χ3v) is 6.02. The first kappa shape index (κ1) is 20.1. The minimum atomic E-state index is 0.960. The Morgan fingerprint density at radius 3 is 1.32 bits per heavy atom. The van der Waals surface area contributed by atoms with Crippen molar-refractivity contribution < 1.29 is 0 Å². The lowest BCUT2D eigenvalue weighted by Crippen LogP contribution is -1.83. The van der Waals surface area contributed by atoms with Gasteiger partial charge in [-0.1, -0.05) is 84.9 Å². The van der Waals surface area contributed by atoms with E-state index in [0.29, 0.717) is 0 Å². The second-order valence-electron chi connectivity index (χ2n) is 8.39. The number of hydrogen-bond donors (Lipinski definition) is 0. The van der Waals surface area contributed by atoms with Crippen molar-refractivity contribution in [2.45, 2.75) is 0 Å². The second-order valence-corrected chi connectivity index (χ2v) is 8.39. The Hall–Kier alpha value is -4.56. The summed E-state index contributed by atoms with van der Waals surface area (Å²) in [4.78, 5) is 9.45. The van der Waals surface area contributed by atoms with Gasteiger partial charge in [0, 0.05) is 10.8 Å². The molecule has 34 heavy (non-hydrogen) atoms. The summed E-state index contributed by atoms with van der Waals surface area (Å²) in [6.07, 6.45) is 8.38. The summed E-state index contributed by atoms with van der Waals surface area (Å²) in [5.74, 6) is 0. The van der Waals surface area contributed by atoms with E-state index in [0.717, 1.165) is 44.3 Å². The normalized spacial score (nSPS) is 11.9. The minimum Gasteiger partial charge on any atom is -0.248 e. The van der Waals surface area contributed by atoms with Crippen molar-refractivity contribution in [1.82, 2.24) is 9.97 Å². The molecule has 4 aromatic carbocycles. The molecule has 0 fully saturated rings.